The zero-order valence-electron chi connectivity index (χ0n) is 20.2. The summed E-state index contributed by atoms with van der Waals surface area (Å²) in [6, 6.07) is 19.1. The molecule has 0 spiro atoms. The second kappa shape index (κ2) is 10.6. The van der Waals surface area contributed by atoms with Crippen LogP contribution in [-0.2, 0) is 29.3 Å². The molecule has 1 saturated heterocycles. The lowest BCUT2D eigenvalue weighted by atomic mass is 9.74. The molecule has 0 radical (unpaired) electrons. The fourth-order valence-corrected chi connectivity index (χ4v) is 5.17. The number of rotatable bonds is 5. The summed E-state index contributed by atoms with van der Waals surface area (Å²) in [6.07, 6.45) is -2.26. The van der Waals surface area contributed by atoms with Crippen molar-refractivity contribution in [3.8, 4) is 0 Å². The Hall–Kier alpha value is -3.24. The van der Waals surface area contributed by atoms with Gasteiger partial charge < -0.3 is 20.3 Å². The molecule has 10 heteroatoms. The van der Waals surface area contributed by atoms with E-state index < -0.39 is 11.9 Å². The molecular weight excluding hydrogens is 499 g/mol. The Morgan fingerprint density at radius 2 is 1.70 bits per heavy atom. The predicted molar refractivity (Wildman–Crippen MR) is 141 cm³/mol. The maximum absolute atomic E-state index is 13.7. The lowest BCUT2D eigenvalue weighted by Crippen LogP contribution is -2.45. The number of thiocarbonyl (C=S) groups is 1. The monoisotopic (exact) mass is 527 g/mol. The summed E-state index contributed by atoms with van der Waals surface area (Å²) < 4.78 is 46.8. The predicted octanol–water partition coefficient (Wildman–Crippen LogP) is 5.09. The number of aromatic nitrogens is 2. The Morgan fingerprint density at radius 1 is 1.00 bits per heavy atom. The van der Waals surface area contributed by atoms with E-state index in [0.29, 0.717) is 32.8 Å². The van der Waals surface area contributed by atoms with Crippen molar-refractivity contribution in [3.63, 3.8) is 0 Å². The molecule has 0 atom stereocenters. The minimum absolute atomic E-state index is 0.177. The summed E-state index contributed by atoms with van der Waals surface area (Å²) in [4.78, 5) is 9.98. The molecule has 2 N–H and O–H groups in total. The largest absolute Gasteiger partial charge is 0.433 e. The van der Waals surface area contributed by atoms with Gasteiger partial charge in [0.1, 0.15) is 5.82 Å². The van der Waals surface area contributed by atoms with Crippen LogP contribution in [0.1, 0.15) is 35.2 Å². The van der Waals surface area contributed by atoms with E-state index in [-0.39, 0.29) is 22.3 Å². The van der Waals surface area contributed by atoms with Crippen LogP contribution in [0.15, 0.2) is 60.7 Å². The number of fused-ring (bicyclic) bond motifs is 1. The Labute approximate surface area is 219 Å². The van der Waals surface area contributed by atoms with Crippen molar-refractivity contribution in [1.29, 1.82) is 0 Å². The van der Waals surface area contributed by atoms with Gasteiger partial charge in [0.2, 0.25) is 5.95 Å². The molecule has 3 aromatic rings. The van der Waals surface area contributed by atoms with Gasteiger partial charge in [-0.05, 0) is 48.2 Å². The van der Waals surface area contributed by atoms with E-state index >= 15 is 0 Å². The first kappa shape index (κ1) is 25.4. The van der Waals surface area contributed by atoms with Gasteiger partial charge in [0.25, 0.3) is 0 Å². The zero-order chi connectivity index (χ0) is 25.9. The topological polar surface area (TPSA) is 62.3 Å². The van der Waals surface area contributed by atoms with Gasteiger partial charge in [-0.1, -0.05) is 54.6 Å². The number of ether oxygens (including phenoxy) is 1. The molecule has 3 heterocycles. The first-order chi connectivity index (χ1) is 17.8. The summed E-state index contributed by atoms with van der Waals surface area (Å²) in [5, 5.41) is 6.18. The highest BCUT2D eigenvalue weighted by atomic mass is 32.1. The van der Waals surface area contributed by atoms with Crippen LogP contribution in [0.5, 0.6) is 0 Å². The molecule has 1 fully saturated rings. The van der Waals surface area contributed by atoms with Gasteiger partial charge in [0, 0.05) is 44.3 Å². The Bertz CT molecular complexity index is 1250. The van der Waals surface area contributed by atoms with Crippen LogP contribution >= 0.6 is 12.2 Å². The van der Waals surface area contributed by atoms with E-state index in [1.807, 2.05) is 47.4 Å². The summed E-state index contributed by atoms with van der Waals surface area (Å²) in [7, 11) is 0. The van der Waals surface area contributed by atoms with E-state index in [4.69, 9.17) is 17.0 Å². The second-order valence-electron chi connectivity index (χ2n) is 9.44. The molecule has 2 aliphatic rings. The van der Waals surface area contributed by atoms with Gasteiger partial charge in [0.15, 0.2) is 10.8 Å². The van der Waals surface area contributed by atoms with Crippen LogP contribution in [-0.4, -0.2) is 41.4 Å². The highest BCUT2D eigenvalue weighted by molar-refractivity contribution is 7.80. The SMILES string of the molecule is FC(F)(F)c1cc(N2CCc3ccccc3C2)nc(NC(=S)NCC2(c3ccccc3)CCOCC2)n1. The smallest absolute Gasteiger partial charge is 0.381 e. The van der Waals surface area contributed by atoms with Crippen molar-refractivity contribution in [1.82, 2.24) is 15.3 Å². The molecule has 0 bridgehead atoms. The number of hydrogen-bond acceptors (Lipinski definition) is 5. The highest BCUT2D eigenvalue weighted by Gasteiger charge is 2.36. The third-order valence-corrected chi connectivity index (χ3v) is 7.35. The van der Waals surface area contributed by atoms with Crippen LogP contribution in [0.25, 0.3) is 0 Å². The van der Waals surface area contributed by atoms with Gasteiger partial charge in [-0.25, -0.2) is 4.98 Å². The first-order valence-corrected chi connectivity index (χ1v) is 12.7. The number of nitrogens with one attached hydrogen (secondary N) is 2. The fourth-order valence-electron chi connectivity index (χ4n) is 5.01. The molecule has 2 aromatic carbocycles. The van der Waals surface area contributed by atoms with Crippen LogP contribution in [0.2, 0.25) is 0 Å². The maximum Gasteiger partial charge on any atom is 0.433 e. The van der Waals surface area contributed by atoms with Crippen molar-refractivity contribution < 1.29 is 17.9 Å². The number of halogens is 3. The zero-order valence-corrected chi connectivity index (χ0v) is 21.0. The van der Waals surface area contributed by atoms with E-state index in [1.165, 1.54) is 11.1 Å². The molecular formula is C27H28F3N5OS. The Morgan fingerprint density at radius 3 is 2.43 bits per heavy atom. The van der Waals surface area contributed by atoms with Gasteiger partial charge in [-0.3, -0.25) is 0 Å². The molecule has 194 valence electrons. The third-order valence-electron chi connectivity index (χ3n) is 7.11. The minimum atomic E-state index is -4.61. The molecule has 37 heavy (non-hydrogen) atoms. The number of nitrogens with zero attached hydrogens (tertiary/aromatic N) is 3. The van der Waals surface area contributed by atoms with E-state index in [9.17, 15) is 13.2 Å². The number of benzene rings is 2. The fraction of sp³-hybridized carbons (Fsp3) is 0.370. The molecule has 0 saturated carbocycles. The summed E-state index contributed by atoms with van der Waals surface area (Å²) in [5.41, 5.74) is 2.26. The lowest BCUT2D eigenvalue weighted by molar-refractivity contribution is -0.141. The van der Waals surface area contributed by atoms with Crippen molar-refractivity contribution in [2.45, 2.75) is 37.4 Å². The van der Waals surface area contributed by atoms with Crippen molar-refractivity contribution in [3.05, 3.63) is 83.0 Å². The van der Waals surface area contributed by atoms with Crippen LogP contribution in [0.4, 0.5) is 24.9 Å². The summed E-state index contributed by atoms with van der Waals surface area (Å²) in [5.74, 6) is 0.0363. The number of alkyl halides is 3. The van der Waals surface area contributed by atoms with Crippen molar-refractivity contribution in [2.24, 2.45) is 0 Å². The highest BCUT2D eigenvalue weighted by Crippen LogP contribution is 2.35. The second-order valence-corrected chi connectivity index (χ2v) is 9.85. The normalized spacial score (nSPS) is 17.1. The lowest BCUT2D eigenvalue weighted by Gasteiger charge is -2.38. The quantitative estimate of drug-likeness (QED) is 0.448. The van der Waals surface area contributed by atoms with Crippen LogP contribution in [0, 0.1) is 0 Å². The molecule has 1 aromatic heterocycles. The van der Waals surface area contributed by atoms with Crippen molar-refractivity contribution >= 4 is 29.1 Å². The third kappa shape index (κ3) is 5.86. The van der Waals surface area contributed by atoms with Gasteiger partial charge in [-0.15, -0.1) is 0 Å². The Kier molecular flexibility index (Phi) is 7.30. The molecule has 6 nitrogen and oxygen atoms in total. The first-order valence-electron chi connectivity index (χ1n) is 12.3. The van der Waals surface area contributed by atoms with E-state index in [1.54, 1.807) is 0 Å². The standard InChI is InChI=1S/C27H28F3N5OS/c28-27(29,30)22-16-23(35-13-10-19-6-4-5-7-20(19)17-35)33-24(32-22)34-25(37)31-18-26(11-14-36-15-12-26)21-8-2-1-3-9-21/h1-9,16H,10-15,17-18H2,(H2,31,32,33,34,37). The summed E-state index contributed by atoms with van der Waals surface area (Å²) in [6.45, 7) is 2.83. The molecule has 0 amide bonds. The van der Waals surface area contributed by atoms with E-state index in [2.05, 4.69) is 32.7 Å². The molecule has 0 unspecified atom stereocenters. The van der Waals surface area contributed by atoms with Gasteiger partial charge in [0.05, 0.1) is 0 Å². The van der Waals surface area contributed by atoms with E-state index in [0.717, 1.165) is 30.9 Å². The minimum Gasteiger partial charge on any atom is -0.381 e. The van der Waals surface area contributed by atoms with Crippen LogP contribution in [0.3, 0.4) is 0 Å². The Balaban J connectivity index is 1.33. The van der Waals surface area contributed by atoms with Gasteiger partial charge >= 0.3 is 6.18 Å². The summed E-state index contributed by atoms with van der Waals surface area (Å²) >= 11 is 5.46. The molecule has 0 aliphatic carbocycles. The molecule has 2 aliphatic heterocycles. The number of anilines is 2. The van der Waals surface area contributed by atoms with Crippen LogP contribution < -0.4 is 15.5 Å². The van der Waals surface area contributed by atoms with Crippen molar-refractivity contribution in [2.75, 3.05) is 36.5 Å². The average molecular weight is 528 g/mol. The van der Waals surface area contributed by atoms with Gasteiger partial charge in [-0.2, -0.15) is 18.2 Å². The molecule has 5 rings (SSSR count). The average Bonchev–Trinajstić information content (AvgIpc) is 2.92. The maximum atomic E-state index is 13.7. The number of hydrogen-bond donors (Lipinski definition) is 2.